The maximum absolute atomic E-state index is 12.0. The Morgan fingerprint density at radius 3 is 2.64 bits per heavy atom. The van der Waals surface area contributed by atoms with Crippen LogP contribution in [0.2, 0.25) is 5.02 Å². The van der Waals surface area contributed by atoms with Gasteiger partial charge in [-0.05, 0) is 25.3 Å². The minimum atomic E-state index is -0.753. The van der Waals surface area contributed by atoms with Gasteiger partial charge in [0.15, 0.2) is 0 Å². The third-order valence-electron chi connectivity index (χ3n) is 4.81. The largest absolute Gasteiger partial charge is 0.385 e. The molecule has 2 heterocycles. The molecule has 1 saturated heterocycles. The number of nitrogens with zero attached hydrogens (tertiary/aromatic N) is 2. The molecule has 0 saturated carbocycles. The lowest BCUT2D eigenvalue weighted by Gasteiger charge is -2.38. The van der Waals surface area contributed by atoms with Gasteiger partial charge in [-0.3, -0.25) is 9.89 Å². The van der Waals surface area contributed by atoms with Crippen LogP contribution in [0.25, 0.3) is 0 Å². The van der Waals surface area contributed by atoms with Crippen LogP contribution in [-0.4, -0.2) is 52.3 Å². The fourth-order valence-corrected chi connectivity index (χ4v) is 3.32. The number of benzene rings is 1. The summed E-state index contributed by atoms with van der Waals surface area (Å²) in [7, 11) is 0. The van der Waals surface area contributed by atoms with Crippen LogP contribution >= 0.6 is 11.6 Å². The maximum Gasteiger partial charge on any atom is 0.270 e. The Bertz CT molecular complexity index is 721. The first-order valence-corrected chi connectivity index (χ1v) is 8.85. The number of aromatic amines is 1. The molecule has 0 spiro atoms. The lowest BCUT2D eigenvalue weighted by atomic mass is 9.84. The van der Waals surface area contributed by atoms with Crippen molar-refractivity contribution >= 4 is 17.5 Å². The predicted molar refractivity (Wildman–Crippen MR) is 96.7 cm³/mol. The van der Waals surface area contributed by atoms with Crippen LogP contribution in [-0.2, 0) is 5.60 Å². The number of carbonyl (C=O) groups is 1. The van der Waals surface area contributed by atoms with E-state index in [9.17, 15) is 9.90 Å². The number of hydrogen-bond donors (Lipinski definition) is 3. The molecule has 2 aromatic rings. The van der Waals surface area contributed by atoms with E-state index in [4.69, 9.17) is 11.6 Å². The van der Waals surface area contributed by atoms with E-state index < -0.39 is 5.60 Å². The van der Waals surface area contributed by atoms with Gasteiger partial charge in [-0.15, -0.1) is 0 Å². The fourth-order valence-electron chi connectivity index (χ4n) is 3.15. The first-order valence-electron chi connectivity index (χ1n) is 8.47. The smallest absolute Gasteiger partial charge is 0.270 e. The molecule has 3 rings (SSSR count). The lowest BCUT2D eigenvalue weighted by Crippen LogP contribution is -2.45. The minimum Gasteiger partial charge on any atom is -0.385 e. The molecule has 1 fully saturated rings. The monoisotopic (exact) mass is 362 g/mol. The van der Waals surface area contributed by atoms with Crippen molar-refractivity contribution in [1.82, 2.24) is 20.4 Å². The summed E-state index contributed by atoms with van der Waals surface area (Å²) in [4.78, 5) is 14.2. The molecule has 0 radical (unpaired) electrons. The van der Waals surface area contributed by atoms with Crippen molar-refractivity contribution in [3.8, 4) is 0 Å². The average Bonchev–Trinajstić information content (AvgIpc) is 3.03. The molecule has 0 aliphatic carbocycles. The lowest BCUT2D eigenvalue weighted by molar-refractivity contribution is -0.0255. The molecular formula is C18H23ClN4O2. The van der Waals surface area contributed by atoms with Crippen molar-refractivity contribution < 1.29 is 9.90 Å². The Hall–Kier alpha value is -1.89. The van der Waals surface area contributed by atoms with Crippen molar-refractivity contribution in [2.45, 2.75) is 25.4 Å². The second kappa shape index (κ2) is 7.56. The summed E-state index contributed by atoms with van der Waals surface area (Å²) < 4.78 is 0. The highest BCUT2D eigenvalue weighted by atomic mass is 35.5. The number of nitrogens with one attached hydrogen (secondary N) is 2. The standard InChI is InChI=1S/C18H23ClN4O2/c1-13-2-4-14(5-3-13)18(25)6-9-23(10-7-18)11-8-20-17(24)16-15(19)12-21-22-16/h2-5,12,25H,6-11H2,1H3,(H,20,24)(H,21,22). The zero-order valence-corrected chi connectivity index (χ0v) is 15.0. The molecule has 0 unspecified atom stereocenters. The van der Waals surface area contributed by atoms with Gasteiger partial charge in [0, 0.05) is 26.2 Å². The summed E-state index contributed by atoms with van der Waals surface area (Å²) in [6.07, 6.45) is 2.79. The summed E-state index contributed by atoms with van der Waals surface area (Å²) in [5, 5.41) is 20.4. The number of carbonyl (C=O) groups excluding carboxylic acids is 1. The van der Waals surface area contributed by atoms with Crippen molar-refractivity contribution in [1.29, 1.82) is 0 Å². The number of likely N-dealkylation sites (tertiary alicyclic amines) is 1. The number of aliphatic hydroxyl groups is 1. The number of rotatable bonds is 5. The second-order valence-electron chi connectivity index (χ2n) is 6.59. The highest BCUT2D eigenvalue weighted by molar-refractivity contribution is 6.33. The van der Waals surface area contributed by atoms with E-state index in [1.54, 1.807) is 0 Å². The molecule has 6 nitrogen and oxygen atoms in total. The van der Waals surface area contributed by atoms with E-state index in [0.29, 0.717) is 24.4 Å². The molecule has 3 N–H and O–H groups in total. The minimum absolute atomic E-state index is 0.254. The third kappa shape index (κ3) is 4.21. The highest BCUT2D eigenvalue weighted by Gasteiger charge is 2.33. The first-order chi connectivity index (χ1) is 12.0. The van der Waals surface area contributed by atoms with E-state index in [2.05, 4.69) is 20.4 Å². The summed E-state index contributed by atoms with van der Waals surface area (Å²) in [6, 6.07) is 8.10. The van der Waals surface area contributed by atoms with Gasteiger partial charge >= 0.3 is 0 Å². The molecule has 1 aromatic heterocycles. The van der Waals surface area contributed by atoms with Crippen LogP contribution in [0.1, 0.15) is 34.5 Å². The van der Waals surface area contributed by atoms with Crippen LogP contribution in [0.4, 0.5) is 0 Å². The predicted octanol–water partition coefficient (Wildman–Crippen LogP) is 2.08. The number of amides is 1. The van der Waals surface area contributed by atoms with Gasteiger partial charge in [0.05, 0.1) is 16.8 Å². The van der Waals surface area contributed by atoms with Crippen LogP contribution in [0.3, 0.4) is 0 Å². The normalized spacial score (nSPS) is 17.4. The number of aryl methyl sites for hydroxylation is 1. The fraction of sp³-hybridized carbons (Fsp3) is 0.444. The van der Waals surface area contributed by atoms with Crippen LogP contribution in [0.15, 0.2) is 30.5 Å². The van der Waals surface area contributed by atoms with Crippen molar-refractivity contribution in [2.24, 2.45) is 0 Å². The first kappa shape index (κ1) is 17.9. The van der Waals surface area contributed by atoms with Gasteiger partial charge in [0.1, 0.15) is 5.69 Å². The van der Waals surface area contributed by atoms with Crippen molar-refractivity contribution in [3.05, 3.63) is 52.3 Å². The van der Waals surface area contributed by atoms with Crippen molar-refractivity contribution in [3.63, 3.8) is 0 Å². The van der Waals surface area contributed by atoms with Gasteiger partial charge in [-0.25, -0.2) is 0 Å². The third-order valence-corrected chi connectivity index (χ3v) is 5.09. The Kier molecular flexibility index (Phi) is 5.42. The second-order valence-corrected chi connectivity index (χ2v) is 7.00. The number of aromatic nitrogens is 2. The molecule has 7 heteroatoms. The number of piperidine rings is 1. The van der Waals surface area contributed by atoms with Crippen LogP contribution in [0.5, 0.6) is 0 Å². The Balaban J connectivity index is 1.46. The van der Waals surface area contributed by atoms with E-state index in [-0.39, 0.29) is 11.6 Å². The zero-order valence-electron chi connectivity index (χ0n) is 14.3. The Labute approximate surface area is 152 Å². The van der Waals surface area contributed by atoms with Crippen LogP contribution < -0.4 is 5.32 Å². The topological polar surface area (TPSA) is 81.2 Å². The van der Waals surface area contributed by atoms with E-state index in [1.165, 1.54) is 11.8 Å². The molecule has 1 amide bonds. The van der Waals surface area contributed by atoms with Gasteiger partial charge in [0.25, 0.3) is 5.91 Å². The Morgan fingerprint density at radius 2 is 2.04 bits per heavy atom. The maximum atomic E-state index is 12.0. The average molecular weight is 363 g/mol. The molecule has 1 aliphatic heterocycles. The highest BCUT2D eigenvalue weighted by Crippen LogP contribution is 2.32. The number of H-pyrrole nitrogens is 1. The molecule has 25 heavy (non-hydrogen) atoms. The summed E-state index contributed by atoms with van der Waals surface area (Å²) in [5.74, 6) is -0.254. The summed E-state index contributed by atoms with van der Waals surface area (Å²) in [5.41, 5.74) is 1.71. The van der Waals surface area contributed by atoms with Gasteiger partial charge in [0.2, 0.25) is 0 Å². The summed E-state index contributed by atoms with van der Waals surface area (Å²) >= 11 is 5.87. The van der Waals surface area contributed by atoms with Gasteiger partial charge in [-0.2, -0.15) is 5.10 Å². The molecule has 0 atom stereocenters. The van der Waals surface area contributed by atoms with E-state index in [0.717, 1.165) is 25.2 Å². The van der Waals surface area contributed by atoms with E-state index in [1.807, 2.05) is 31.2 Å². The van der Waals surface area contributed by atoms with Crippen LogP contribution in [0, 0.1) is 6.92 Å². The molecular weight excluding hydrogens is 340 g/mol. The van der Waals surface area contributed by atoms with E-state index >= 15 is 0 Å². The van der Waals surface area contributed by atoms with Gasteiger partial charge < -0.3 is 15.3 Å². The summed E-state index contributed by atoms with van der Waals surface area (Å²) in [6.45, 7) is 4.90. The zero-order chi connectivity index (χ0) is 17.9. The Morgan fingerprint density at radius 1 is 1.36 bits per heavy atom. The number of hydrogen-bond acceptors (Lipinski definition) is 4. The SMILES string of the molecule is Cc1ccc(C2(O)CCN(CCNC(=O)c3[nH]ncc3Cl)CC2)cc1. The quantitative estimate of drug-likeness (QED) is 0.760. The molecule has 1 aromatic carbocycles. The molecule has 1 aliphatic rings. The van der Waals surface area contributed by atoms with Crippen molar-refractivity contribution in [2.75, 3.05) is 26.2 Å². The molecule has 134 valence electrons. The molecule has 0 bridgehead atoms. The van der Waals surface area contributed by atoms with Gasteiger partial charge in [-0.1, -0.05) is 41.4 Å². The number of halogens is 1.